The molecular weight excluding hydrogens is 224 g/mol. The third kappa shape index (κ3) is 2.54. The van der Waals surface area contributed by atoms with E-state index in [1.807, 2.05) is 18.2 Å². The predicted molar refractivity (Wildman–Crippen MR) is 73.2 cm³/mol. The van der Waals surface area contributed by atoms with Crippen LogP contribution in [0.3, 0.4) is 0 Å². The van der Waals surface area contributed by atoms with Crippen LogP contribution in [0.2, 0.25) is 0 Å². The second kappa shape index (κ2) is 5.08. The first-order chi connectivity index (χ1) is 8.81. The lowest BCUT2D eigenvalue weighted by Crippen LogP contribution is -2.39. The molecule has 2 aromatic rings. The Kier molecular flexibility index (Phi) is 3.30. The van der Waals surface area contributed by atoms with Crippen LogP contribution in [0, 0.1) is 0 Å². The van der Waals surface area contributed by atoms with Gasteiger partial charge in [-0.15, -0.1) is 0 Å². The van der Waals surface area contributed by atoms with Gasteiger partial charge in [0.1, 0.15) is 5.82 Å². The van der Waals surface area contributed by atoms with Crippen molar-refractivity contribution in [1.29, 1.82) is 0 Å². The van der Waals surface area contributed by atoms with Crippen LogP contribution in [-0.2, 0) is 6.54 Å². The molecule has 2 unspecified atom stereocenters. The second-order valence-corrected chi connectivity index (χ2v) is 5.21. The molecule has 3 rings (SSSR count). The van der Waals surface area contributed by atoms with E-state index in [9.17, 15) is 0 Å². The predicted octanol–water partition coefficient (Wildman–Crippen LogP) is 1.92. The van der Waals surface area contributed by atoms with E-state index in [-0.39, 0.29) is 0 Å². The Labute approximate surface area is 107 Å². The first-order valence-electron chi connectivity index (χ1n) is 6.74. The van der Waals surface area contributed by atoms with Crippen LogP contribution in [-0.4, -0.2) is 22.1 Å². The molecule has 1 aromatic heterocycles. The number of fused-ring (bicyclic) bond motifs is 1. The quantitative estimate of drug-likeness (QED) is 0.772. The van der Waals surface area contributed by atoms with E-state index in [0.717, 1.165) is 29.8 Å². The summed E-state index contributed by atoms with van der Waals surface area (Å²) in [5.74, 6) is 1.01. The molecule has 1 aliphatic carbocycles. The molecule has 2 atom stereocenters. The number of para-hydroxylation sites is 2. The van der Waals surface area contributed by atoms with Gasteiger partial charge < -0.3 is 16.0 Å². The van der Waals surface area contributed by atoms with Gasteiger partial charge in [0.25, 0.3) is 0 Å². The Balaban J connectivity index is 1.62. The summed E-state index contributed by atoms with van der Waals surface area (Å²) < 4.78 is 0. The molecule has 4 N–H and O–H groups in total. The maximum atomic E-state index is 5.99. The minimum Gasteiger partial charge on any atom is -0.341 e. The van der Waals surface area contributed by atoms with Gasteiger partial charge in [0.15, 0.2) is 0 Å². The van der Waals surface area contributed by atoms with Crippen LogP contribution < -0.4 is 11.1 Å². The van der Waals surface area contributed by atoms with Crippen molar-refractivity contribution < 1.29 is 0 Å². The van der Waals surface area contributed by atoms with Gasteiger partial charge in [-0.3, -0.25) is 0 Å². The molecule has 0 spiro atoms. The largest absolute Gasteiger partial charge is 0.341 e. The van der Waals surface area contributed by atoms with Crippen molar-refractivity contribution in [2.45, 2.75) is 44.3 Å². The Morgan fingerprint density at radius 1 is 1.33 bits per heavy atom. The van der Waals surface area contributed by atoms with Crippen LogP contribution in [0.15, 0.2) is 24.3 Å². The van der Waals surface area contributed by atoms with Crippen molar-refractivity contribution in [3.63, 3.8) is 0 Å². The smallest absolute Gasteiger partial charge is 0.121 e. The third-order valence-electron chi connectivity index (χ3n) is 3.71. The fraction of sp³-hybridized carbons (Fsp3) is 0.500. The lowest BCUT2D eigenvalue weighted by molar-refractivity contribution is 0.336. The van der Waals surface area contributed by atoms with Gasteiger partial charge in [-0.1, -0.05) is 18.6 Å². The number of H-pyrrole nitrogens is 1. The molecule has 96 valence electrons. The summed E-state index contributed by atoms with van der Waals surface area (Å²) in [6.07, 6.45) is 4.72. The van der Waals surface area contributed by atoms with E-state index in [1.54, 1.807) is 0 Å². The van der Waals surface area contributed by atoms with Crippen LogP contribution in [0.1, 0.15) is 31.5 Å². The molecular formula is C14H20N4. The molecule has 4 nitrogen and oxygen atoms in total. The summed E-state index contributed by atoms with van der Waals surface area (Å²) >= 11 is 0. The van der Waals surface area contributed by atoms with Crippen LogP contribution in [0.5, 0.6) is 0 Å². The lowest BCUT2D eigenvalue weighted by atomic mass is 9.92. The molecule has 4 heteroatoms. The van der Waals surface area contributed by atoms with Gasteiger partial charge in [0.2, 0.25) is 0 Å². The number of hydrogen-bond donors (Lipinski definition) is 3. The normalized spacial score (nSPS) is 24.5. The van der Waals surface area contributed by atoms with Crippen LogP contribution >= 0.6 is 0 Å². The minimum absolute atomic E-state index is 0.368. The summed E-state index contributed by atoms with van der Waals surface area (Å²) in [6, 6.07) is 9.04. The summed E-state index contributed by atoms with van der Waals surface area (Å²) in [5, 5.41) is 3.56. The standard InChI is InChI=1S/C14H20N4/c15-10-4-3-5-11(8-10)16-9-14-17-12-6-1-2-7-13(12)18-14/h1-2,6-7,10-11,16H,3-5,8-9,15H2,(H,17,18). The number of aromatic amines is 1. The first kappa shape index (κ1) is 11.7. The van der Waals surface area contributed by atoms with Gasteiger partial charge in [-0.2, -0.15) is 0 Å². The molecule has 1 aromatic carbocycles. The fourth-order valence-electron chi connectivity index (χ4n) is 2.74. The number of imidazole rings is 1. The Hall–Kier alpha value is -1.39. The number of hydrogen-bond acceptors (Lipinski definition) is 3. The molecule has 0 radical (unpaired) electrons. The zero-order valence-electron chi connectivity index (χ0n) is 10.5. The molecule has 1 heterocycles. The van der Waals surface area contributed by atoms with E-state index in [2.05, 4.69) is 21.4 Å². The van der Waals surface area contributed by atoms with Crippen LogP contribution in [0.4, 0.5) is 0 Å². The molecule has 18 heavy (non-hydrogen) atoms. The number of rotatable bonds is 3. The van der Waals surface area contributed by atoms with Gasteiger partial charge >= 0.3 is 0 Å². The fourth-order valence-corrected chi connectivity index (χ4v) is 2.74. The zero-order valence-corrected chi connectivity index (χ0v) is 10.5. The number of nitrogens with two attached hydrogens (primary N) is 1. The van der Waals surface area contributed by atoms with Gasteiger partial charge in [0, 0.05) is 12.1 Å². The SMILES string of the molecule is NC1CCCC(NCc2nc3ccccc3[nH]2)C1. The Bertz CT molecular complexity index is 486. The maximum Gasteiger partial charge on any atom is 0.121 e. The van der Waals surface area contributed by atoms with Crippen molar-refractivity contribution in [3.05, 3.63) is 30.1 Å². The van der Waals surface area contributed by atoms with Crippen molar-refractivity contribution in [2.24, 2.45) is 5.73 Å². The van der Waals surface area contributed by atoms with Crippen molar-refractivity contribution in [1.82, 2.24) is 15.3 Å². The first-order valence-corrected chi connectivity index (χ1v) is 6.74. The topological polar surface area (TPSA) is 66.7 Å². The highest BCUT2D eigenvalue weighted by molar-refractivity contribution is 5.74. The average Bonchev–Trinajstić information content (AvgIpc) is 2.79. The van der Waals surface area contributed by atoms with E-state index < -0.39 is 0 Å². The highest BCUT2D eigenvalue weighted by atomic mass is 15.0. The minimum atomic E-state index is 0.368. The van der Waals surface area contributed by atoms with E-state index in [0.29, 0.717) is 12.1 Å². The molecule has 1 saturated carbocycles. The molecule has 0 amide bonds. The number of nitrogens with zero attached hydrogens (tertiary/aromatic N) is 1. The van der Waals surface area contributed by atoms with E-state index >= 15 is 0 Å². The summed E-state index contributed by atoms with van der Waals surface area (Å²) in [6.45, 7) is 0.798. The molecule has 0 saturated heterocycles. The van der Waals surface area contributed by atoms with Gasteiger partial charge in [-0.25, -0.2) is 4.98 Å². The van der Waals surface area contributed by atoms with Crippen LogP contribution in [0.25, 0.3) is 11.0 Å². The van der Waals surface area contributed by atoms with Crippen molar-refractivity contribution >= 4 is 11.0 Å². The zero-order chi connectivity index (χ0) is 12.4. The second-order valence-electron chi connectivity index (χ2n) is 5.21. The molecule has 1 aliphatic rings. The monoisotopic (exact) mass is 244 g/mol. The Morgan fingerprint density at radius 3 is 3.06 bits per heavy atom. The van der Waals surface area contributed by atoms with Crippen molar-refractivity contribution in [3.8, 4) is 0 Å². The molecule has 0 bridgehead atoms. The Morgan fingerprint density at radius 2 is 2.22 bits per heavy atom. The summed E-state index contributed by atoms with van der Waals surface area (Å²) in [4.78, 5) is 7.91. The number of benzene rings is 1. The van der Waals surface area contributed by atoms with Crippen molar-refractivity contribution in [2.75, 3.05) is 0 Å². The summed E-state index contributed by atoms with van der Waals surface area (Å²) in [5.41, 5.74) is 8.13. The summed E-state index contributed by atoms with van der Waals surface area (Å²) in [7, 11) is 0. The van der Waals surface area contributed by atoms with Gasteiger partial charge in [0.05, 0.1) is 17.6 Å². The molecule has 0 aliphatic heterocycles. The average molecular weight is 244 g/mol. The number of aromatic nitrogens is 2. The third-order valence-corrected chi connectivity index (χ3v) is 3.71. The highest BCUT2D eigenvalue weighted by Crippen LogP contribution is 2.17. The van der Waals surface area contributed by atoms with E-state index in [4.69, 9.17) is 5.73 Å². The maximum absolute atomic E-state index is 5.99. The number of nitrogens with one attached hydrogen (secondary N) is 2. The van der Waals surface area contributed by atoms with Gasteiger partial charge in [-0.05, 0) is 31.4 Å². The van der Waals surface area contributed by atoms with E-state index in [1.165, 1.54) is 19.3 Å². The lowest BCUT2D eigenvalue weighted by Gasteiger charge is -2.27. The highest BCUT2D eigenvalue weighted by Gasteiger charge is 2.18. The molecule has 1 fully saturated rings.